The normalized spacial score (nSPS) is 17.6. The maximum absolute atomic E-state index is 5.92. The van der Waals surface area contributed by atoms with Crippen LogP contribution in [0.4, 0.5) is 0 Å². The Balaban J connectivity index is 2.41. The zero-order valence-electron chi connectivity index (χ0n) is 6.54. The highest BCUT2D eigenvalue weighted by atomic mass is 31.2. The molecule has 0 aromatic carbocycles. The highest BCUT2D eigenvalue weighted by Crippen LogP contribution is 2.45. The first-order valence-corrected chi connectivity index (χ1v) is 6.34. The van der Waals surface area contributed by atoms with Gasteiger partial charge >= 0.3 is 7.57 Å². The van der Waals surface area contributed by atoms with E-state index in [2.05, 4.69) is 24.4 Å². The summed E-state index contributed by atoms with van der Waals surface area (Å²) in [6.07, 6.45) is 5.97. The zero-order chi connectivity index (χ0) is 7.61. The van der Waals surface area contributed by atoms with Gasteiger partial charge in [-0.05, 0) is 7.14 Å². The molecule has 0 amide bonds. The number of aliphatic imine (C=N–C) groups is 1. The number of allylic oxidation sites excluding steroid dienone is 1. The largest absolute Gasteiger partial charge is 0.364 e. The monoisotopic (exact) mass is 152 g/mol. The summed E-state index contributed by atoms with van der Waals surface area (Å²) in [4.78, 5) is 4.20. The highest BCUT2D eigenvalue weighted by Gasteiger charge is 2.20. The number of rotatable bonds is 2. The van der Waals surface area contributed by atoms with Gasteiger partial charge in [0, 0.05) is 26.0 Å². The van der Waals surface area contributed by atoms with E-state index in [1.54, 1.807) is 0 Å². The quantitative estimate of drug-likeness (QED) is 0.421. The molecule has 0 saturated heterocycles. The lowest BCUT2D eigenvalue weighted by Crippen LogP contribution is -2.05. The van der Waals surface area contributed by atoms with Crippen LogP contribution in [0.5, 0.6) is 0 Å². The molecule has 1 aliphatic heterocycles. The molecule has 0 aromatic rings. The van der Waals surface area contributed by atoms with Gasteiger partial charge in [0.1, 0.15) is 0 Å². The van der Waals surface area contributed by atoms with Crippen molar-refractivity contribution in [2.75, 3.05) is 19.5 Å². The molecule has 1 rings (SSSR count). The minimum atomic E-state index is -1.14. The standard InChI is InChI=1S/C7H12BNP/c1-10(2,8)6-7-4-3-5-9-7/h3,5H,4,6H2,1-2H3/q+1. The van der Waals surface area contributed by atoms with Crippen LogP contribution in [0.2, 0.25) is 0 Å². The van der Waals surface area contributed by atoms with Crippen LogP contribution in [0, 0.1) is 0 Å². The Morgan fingerprint density at radius 2 is 2.40 bits per heavy atom. The number of nitrogens with zero attached hydrogens (tertiary/aromatic N) is 1. The maximum Gasteiger partial charge on any atom is 0.364 e. The molecule has 1 nitrogen and oxygen atoms in total. The molecule has 0 spiro atoms. The molecule has 3 heteroatoms. The van der Waals surface area contributed by atoms with Crippen LogP contribution >= 0.6 is 7.14 Å². The van der Waals surface area contributed by atoms with E-state index < -0.39 is 7.14 Å². The van der Waals surface area contributed by atoms with Crippen LogP contribution in [-0.4, -0.2) is 32.8 Å². The van der Waals surface area contributed by atoms with Crippen LogP contribution < -0.4 is 0 Å². The smallest absolute Gasteiger partial charge is 0.262 e. The molecule has 1 heterocycles. The predicted molar refractivity (Wildman–Crippen MR) is 50.6 cm³/mol. The average Bonchev–Trinajstić information content (AvgIpc) is 2.12. The van der Waals surface area contributed by atoms with Crippen molar-refractivity contribution in [3.05, 3.63) is 12.3 Å². The van der Waals surface area contributed by atoms with Gasteiger partial charge in [-0.1, -0.05) is 6.08 Å². The topological polar surface area (TPSA) is 12.4 Å². The third kappa shape index (κ3) is 2.66. The van der Waals surface area contributed by atoms with Crippen LogP contribution in [-0.2, 0) is 0 Å². The summed E-state index contributed by atoms with van der Waals surface area (Å²) in [5.74, 6) is 0. The lowest BCUT2D eigenvalue weighted by molar-refractivity contribution is 1.50. The average molecular weight is 152 g/mol. The Hall–Kier alpha value is -0.0951. The lowest BCUT2D eigenvalue weighted by Gasteiger charge is -2.10. The Labute approximate surface area is 64.3 Å². The second kappa shape index (κ2) is 2.88. The molecule has 0 atom stereocenters. The van der Waals surface area contributed by atoms with E-state index in [9.17, 15) is 0 Å². The van der Waals surface area contributed by atoms with Gasteiger partial charge in [0.05, 0.1) is 11.9 Å². The fourth-order valence-corrected chi connectivity index (χ4v) is 2.13. The van der Waals surface area contributed by atoms with Gasteiger partial charge < -0.3 is 0 Å². The molecule has 2 radical (unpaired) electrons. The summed E-state index contributed by atoms with van der Waals surface area (Å²) in [6, 6.07) is 0. The molecule has 0 N–H and O–H groups in total. The summed E-state index contributed by atoms with van der Waals surface area (Å²) in [6.45, 7) is 4.27. The first-order chi connectivity index (χ1) is 4.58. The van der Waals surface area contributed by atoms with Crippen molar-refractivity contribution in [1.29, 1.82) is 0 Å². The SMILES string of the molecule is [B][P+](C)(C)CC1=NC=CC1. The van der Waals surface area contributed by atoms with E-state index in [1.807, 2.05) is 6.20 Å². The molecule has 0 fully saturated rings. The molecule has 0 saturated carbocycles. The van der Waals surface area contributed by atoms with Gasteiger partial charge in [-0.25, -0.2) is 0 Å². The van der Waals surface area contributed by atoms with E-state index in [1.165, 1.54) is 5.71 Å². The third-order valence-corrected chi connectivity index (χ3v) is 2.49. The Bertz CT molecular complexity index is 179. The summed E-state index contributed by atoms with van der Waals surface area (Å²) < 4.78 is 0. The molecule has 0 aliphatic carbocycles. The number of hydrogen-bond donors (Lipinski definition) is 0. The molecule has 1 aliphatic rings. The molecule has 0 bridgehead atoms. The fraction of sp³-hybridized carbons (Fsp3) is 0.571. The van der Waals surface area contributed by atoms with E-state index in [0.29, 0.717) is 0 Å². The lowest BCUT2D eigenvalue weighted by atomic mass is 10.3. The summed E-state index contributed by atoms with van der Waals surface area (Å²) in [5.41, 5.74) is 1.25. The van der Waals surface area contributed by atoms with Crippen molar-refractivity contribution >= 4 is 20.4 Å². The van der Waals surface area contributed by atoms with Crippen LogP contribution in [0.15, 0.2) is 17.3 Å². The van der Waals surface area contributed by atoms with E-state index >= 15 is 0 Å². The molecule has 0 aromatic heterocycles. The Morgan fingerprint density at radius 1 is 1.70 bits per heavy atom. The highest BCUT2D eigenvalue weighted by molar-refractivity contribution is 7.96. The zero-order valence-corrected chi connectivity index (χ0v) is 7.44. The van der Waals surface area contributed by atoms with E-state index in [0.717, 1.165) is 12.6 Å². The minimum Gasteiger partial charge on any atom is -0.262 e. The van der Waals surface area contributed by atoms with Crippen molar-refractivity contribution in [2.24, 2.45) is 4.99 Å². The van der Waals surface area contributed by atoms with Crippen LogP contribution in [0.3, 0.4) is 0 Å². The van der Waals surface area contributed by atoms with Crippen LogP contribution in [0.25, 0.3) is 0 Å². The van der Waals surface area contributed by atoms with Crippen molar-refractivity contribution in [2.45, 2.75) is 6.42 Å². The summed E-state index contributed by atoms with van der Waals surface area (Å²) in [5, 5.41) is 0. The third-order valence-electron chi connectivity index (χ3n) is 1.31. The first kappa shape index (κ1) is 8.01. The molecule has 52 valence electrons. The molecular weight excluding hydrogens is 140 g/mol. The van der Waals surface area contributed by atoms with Crippen molar-refractivity contribution in [1.82, 2.24) is 0 Å². The Morgan fingerprint density at radius 3 is 2.80 bits per heavy atom. The minimum absolute atomic E-state index is 1.01. The maximum atomic E-state index is 5.92. The van der Waals surface area contributed by atoms with Gasteiger partial charge in [0.15, 0.2) is 0 Å². The second-order valence-electron chi connectivity index (χ2n) is 3.22. The van der Waals surface area contributed by atoms with Crippen molar-refractivity contribution in [3.63, 3.8) is 0 Å². The first-order valence-electron chi connectivity index (χ1n) is 3.40. The Kier molecular flexibility index (Phi) is 2.30. The molecular formula is C7H12BNP+. The molecule has 10 heavy (non-hydrogen) atoms. The van der Waals surface area contributed by atoms with Gasteiger partial charge in [-0.2, -0.15) is 0 Å². The van der Waals surface area contributed by atoms with Crippen LogP contribution in [0.1, 0.15) is 6.42 Å². The van der Waals surface area contributed by atoms with Crippen molar-refractivity contribution < 1.29 is 0 Å². The number of hydrogen-bond acceptors (Lipinski definition) is 1. The fourth-order valence-electron chi connectivity index (χ4n) is 0.975. The molecule has 0 unspecified atom stereocenters. The van der Waals surface area contributed by atoms with Gasteiger partial charge in [-0.3, -0.25) is 4.99 Å². The second-order valence-corrected chi connectivity index (χ2v) is 7.09. The van der Waals surface area contributed by atoms with E-state index in [-0.39, 0.29) is 0 Å². The predicted octanol–water partition coefficient (Wildman–Crippen LogP) is 1.71. The van der Waals surface area contributed by atoms with Gasteiger partial charge in [-0.15, -0.1) is 0 Å². The van der Waals surface area contributed by atoms with Gasteiger partial charge in [0.25, 0.3) is 0 Å². The summed E-state index contributed by atoms with van der Waals surface area (Å²) >= 11 is 0. The summed E-state index contributed by atoms with van der Waals surface area (Å²) in [7, 11) is 4.78. The van der Waals surface area contributed by atoms with E-state index in [4.69, 9.17) is 7.57 Å². The van der Waals surface area contributed by atoms with Crippen molar-refractivity contribution in [3.8, 4) is 0 Å². The van der Waals surface area contributed by atoms with Gasteiger partial charge in [0.2, 0.25) is 0 Å².